The minimum absolute atomic E-state index is 0.382. The van der Waals surface area contributed by atoms with Gasteiger partial charge in [0.2, 0.25) is 0 Å². The summed E-state index contributed by atoms with van der Waals surface area (Å²) in [5, 5.41) is 16.8. The van der Waals surface area contributed by atoms with Crippen molar-refractivity contribution in [1.82, 2.24) is 15.0 Å². The van der Waals surface area contributed by atoms with Gasteiger partial charge in [0, 0.05) is 0 Å². The zero-order valence-corrected chi connectivity index (χ0v) is 8.47. The molecule has 14 heavy (non-hydrogen) atoms. The number of aliphatic hydroxyl groups is 1. The number of nitrogens with zero attached hydrogens (tertiary/aromatic N) is 3. The van der Waals surface area contributed by atoms with Gasteiger partial charge in [0.1, 0.15) is 5.69 Å². The highest BCUT2D eigenvalue weighted by Crippen LogP contribution is 2.07. The molecule has 0 aliphatic carbocycles. The molecular weight excluding hydrogens is 182 g/mol. The van der Waals surface area contributed by atoms with E-state index in [4.69, 9.17) is 0 Å². The molecule has 0 aromatic carbocycles. The fourth-order valence-corrected chi connectivity index (χ4v) is 1.33. The number of carbonyl (C=O) groups is 1. The van der Waals surface area contributed by atoms with Crippen molar-refractivity contribution in [3.63, 3.8) is 0 Å². The maximum absolute atomic E-state index is 10.6. The molecule has 78 valence electrons. The third-order valence-corrected chi connectivity index (χ3v) is 1.90. The van der Waals surface area contributed by atoms with E-state index in [1.807, 2.05) is 6.92 Å². The molecule has 1 N–H and O–H groups in total. The van der Waals surface area contributed by atoms with Crippen LogP contribution in [0.25, 0.3) is 0 Å². The van der Waals surface area contributed by atoms with Crippen molar-refractivity contribution in [2.24, 2.45) is 0 Å². The Bertz CT molecular complexity index is 307. The van der Waals surface area contributed by atoms with Crippen LogP contribution >= 0.6 is 0 Å². The van der Waals surface area contributed by atoms with Gasteiger partial charge in [-0.3, -0.25) is 4.79 Å². The summed E-state index contributed by atoms with van der Waals surface area (Å²) in [5.74, 6) is 0. The molecule has 0 fully saturated rings. The predicted molar refractivity (Wildman–Crippen MR) is 51.1 cm³/mol. The summed E-state index contributed by atoms with van der Waals surface area (Å²) in [7, 11) is 0. The lowest BCUT2D eigenvalue weighted by Crippen LogP contribution is -2.15. The molecule has 5 nitrogen and oxygen atoms in total. The molecule has 1 aromatic heterocycles. The Kier molecular flexibility index (Phi) is 3.76. The highest BCUT2D eigenvalue weighted by atomic mass is 16.3. The second-order valence-corrected chi connectivity index (χ2v) is 3.32. The maximum atomic E-state index is 10.6. The van der Waals surface area contributed by atoms with Crippen molar-refractivity contribution in [3.05, 3.63) is 11.4 Å². The Hall–Kier alpha value is -1.23. The molecule has 0 amide bonds. The molecule has 5 heteroatoms. The molecule has 0 bridgehead atoms. The molecule has 0 aliphatic rings. The first-order valence-corrected chi connectivity index (χ1v) is 4.74. The third-order valence-electron chi connectivity index (χ3n) is 1.90. The number of aliphatic hydroxyl groups excluding tert-OH is 1. The monoisotopic (exact) mass is 197 g/mol. The Morgan fingerprint density at radius 3 is 2.86 bits per heavy atom. The summed E-state index contributed by atoms with van der Waals surface area (Å²) in [6, 6.07) is 0. The second-order valence-electron chi connectivity index (χ2n) is 3.32. The van der Waals surface area contributed by atoms with Crippen LogP contribution in [0, 0.1) is 0 Å². The average Bonchev–Trinajstić information content (AvgIpc) is 2.48. The van der Waals surface area contributed by atoms with Gasteiger partial charge in [0.15, 0.2) is 6.29 Å². The SMILES string of the molecule is CCCc1c(C=O)nnn1CC(C)O. The van der Waals surface area contributed by atoms with Gasteiger partial charge >= 0.3 is 0 Å². The van der Waals surface area contributed by atoms with E-state index >= 15 is 0 Å². The number of aromatic nitrogens is 3. The van der Waals surface area contributed by atoms with E-state index in [9.17, 15) is 9.90 Å². The van der Waals surface area contributed by atoms with E-state index in [0.29, 0.717) is 18.5 Å². The van der Waals surface area contributed by atoms with Crippen LogP contribution in [0.1, 0.15) is 36.5 Å². The number of hydrogen-bond acceptors (Lipinski definition) is 4. The Morgan fingerprint density at radius 1 is 1.64 bits per heavy atom. The number of aldehydes is 1. The molecule has 1 aromatic rings. The van der Waals surface area contributed by atoms with E-state index in [1.165, 1.54) is 0 Å². The van der Waals surface area contributed by atoms with E-state index in [0.717, 1.165) is 18.5 Å². The Balaban J connectivity index is 2.91. The van der Waals surface area contributed by atoms with Gasteiger partial charge in [-0.1, -0.05) is 18.6 Å². The summed E-state index contributed by atoms with van der Waals surface area (Å²) < 4.78 is 1.60. The van der Waals surface area contributed by atoms with Crippen LogP contribution in [0.15, 0.2) is 0 Å². The molecule has 0 saturated heterocycles. The average molecular weight is 197 g/mol. The zero-order chi connectivity index (χ0) is 10.6. The van der Waals surface area contributed by atoms with Crippen LogP contribution in [-0.4, -0.2) is 32.5 Å². The standard InChI is InChI=1S/C9H15N3O2/c1-3-4-9-8(6-13)10-11-12(9)5-7(2)14/h6-7,14H,3-5H2,1-2H3. The second kappa shape index (κ2) is 4.85. The highest BCUT2D eigenvalue weighted by molar-refractivity contribution is 5.73. The molecule has 0 aliphatic heterocycles. The van der Waals surface area contributed by atoms with E-state index in [-0.39, 0.29) is 0 Å². The van der Waals surface area contributed by atoms with Gasteiger partial charge in [0.05, 0.1) is 18.3 Å². The molecule has 0 radical (unpaired) electrons. The van der Waals surface area contributed by atoms with Crippen molar-refractivity contribution in [2.75, 3.05) is 0 Å². The lowest BCUT2D eigenvalue weighted by Gasteiger charge is -2.07. The normalized spacial score (nSPS) is 12.8. The van der Waals surface area contributed by atoms with Crippen molar-refractivity contribution in [2.45, 2.75) is 39.3 Å². The smallest absolute Gasteiger partial charge is 0.172 e. The lowest BCUT2D eigenvalue weighted by atomic mass is 10.2. The maximum Gasteiger partial charge on any atom is 0.172 e. The molecule has 0 saturated carbocycles. The molecule has 1 heterocycles. The zero-order valence-electron chi connectivity index (χ0n) is 8.47. The summed E-state index contributed by atoms with van der Waals surface area (Å²) in [4.78, 5) is 10.6. The summed E-state index contributed by atoms with van der Waals surface area (Å²) in [6.45, 7) is 4.09. The first-order valence-electron chi connectivity index (χ1n) is 4.74. The van der Waals surface area contributed by atoms with Crippen LogP contribution in [0.4, 0.5) is 0 Å². The van der Waals surface area contributed by atoms with Gasteiger partial charge in [-0.25, -0.2) is 4.68 Å². The van der Waals surface area contributed by atoms with Crippen LogP contribution < -0.4 is 0 Å². The number of hydrogen-bond donors (Lipinski definition) is 1. The van der Waals surface area contributed by atoms with Gasteiger partial charge in [-0.15, -0.1) is 5.10 Å². The van der Waals surface area contributed by atoms with Crippen LogP contribution in [0.2, 0.25) is 0 Å². The Morgan fingerprint density at radius 2 is 2.36 bits per heavy atom. The van der Waals surface area contributed by atoms with Crippen molar-refractivity contribution >= 4 is 6.29 Å². The Labute approximate surface area is 82.7 Å². The first kappa shape index (κ1) is 10.8. The predicted octanol–water partition coefficient (Wildman–Crippen LogP) is 0.424. The molecule has 1 atom stereocenters. The number of rotatable bonds is 5. The van der Waals surface area contributed by atoms with Crippen molar-refractivity contribution in [1.29, 1.82) is 0 Å². The van der Waals surface area contributed by atoms with Gasteiger partial charge in [-0.2, -0.15) is 0 Å². The third kappa shape index (κ3) is 2.38. The van der Waals surface area contributed by atoms with Gasteiger partial charge in [-0.05, 0) is 13.3 Å². The largest absolute Gasteiger partial charge is 0.391 e. The summed E-state index contributed by atoms with van der Waals surface area (Å²) in [5.41, 5.74) is 1.19. The van der Waals surface area contributed by atoms with Crippen LogP contribution in [-0.2, 0) is 13.0 Å². The lowest BCUT2D eigenvalue weighted by molar-refractivity contribution is 0.111. The molecular formula is C9H15N3O2. The van der Waals surface area contributed by atoms with E-state index < -0.39 is 6.10 Å². The molecule has 1 rings (SSSR count). The first-order chi connectivity index (χ1) is 6.69. The van der Waals surface area contributed by atoms with Gasteiger partial charge in [0.25, 0.3) is 0 Å². The fraction of sp³-hybridized carbons (Fsp3) is 0.667. The van der Waals surface area contributed by atoms with Crippen molar-refractivity contribution < 1.29 is 9.90 Å². The van der Waals surface area contributed by atoms with E-state index in [1.54, 1.807) is 11.6 Å². The molecule has 0 spiro atoms. The van der Waals surface area contributed by atoms with Gasteiger partial charge < -0.3 is 5.11 Å². The highest BCUT2D eigenvalue weighted by Gasteiger charge is 2.12. The quantitative estimate of drug-likeness (QED) is 0.695. The minimum atomic E-state index is -0.480. The minimum Gasteiger partial charge on any atom is -0.391 e. The van der Waals surface area contributed by atoms with Crippen LogP contribution in [0.5, 0.6) is 0 Å². The van der Waals surface area contributed by atoms with E-state index in [2.05, 4.69) is 10.3 Å². The number of carbonyl (C=O) groups excluding carboxylic acids is 1. The van der Waals surface area contributed by atoms with Crippen molar-refractivity contribution in [3.8, 4) is 0 Å². The summed E-state index contributed by atoms with van der Waals surface area (Å²) >= 11 is 0. The summed E-state index contributed by atoms with van der Waals surface area (Å²) in [6.07, 6.45) is 1.91. The topological polar surface area (TPSA) is 68.0 Å². The van der Waals surface area contributed by atoms with Crippen LogP contribution in [0.3, 0.4) is 0 Å². The fourth-order valence-electron chi connectivity index (χ4n) is 1.33. The molecule has 1 unspecified atom stereocenters.